The van der Waals surface area contributed by atoms with E-state index in [9.17, 15) is 14.4 Å². The number of amides is 3. The van der Waals surface area contributed by atoms with Gasteiger partial charge >= 0.3 is 0 Å². The molecule has 5 heteroatoms. The molecule has 1 saturated heterocycles. The minimum Gasteiger partial charge on any atom is -0.356 e. The number of hydrogen-bond acceptors (Lipinski definition) is 3. The SMILES string of the molecule is CC(C)(C)CCCCNC(=O)CCCCCCN1C(=O)CC(C(C)(C)C)C1=O. The van der Waals surface area contributed by atoms with E-state index in [0.717, 1.165) is 45.1 Å². The third-order valence-corrected chi connectivity index (χ3v) is 5.50. The van der Waals surface area contributed by atoms with Crippen molar-refractivity contribution in [2.75, 3.05) is 13.1 Å². The summed E-state index contributed by atoms with van der Waals surface area (Å²) in [6, 6.07) is 0. The molecule has 0 bridgehead atoms. The number of unbranched alkanes of at least 4 members (excludes halogenated alkanes) is 4. The van der Waals surface area contributed by atoms with E-state index in [1.165, 1.54) is 11.3 Å². The van der Waals surface area contributed by atoms with Gasteiger partial charge in [-0.25, -0.2) is 0 Å². The molecular weight excluding hydrogens is 352 g/mol. The molecule has 1 aliphatic heterocycles. The Bertz CT molecular complexity index is 529. The zero-order chi connectivity index (χ0) is 21.4. The second kappa shape index (κ2) is 11.0. The van der Waals surface area contributed by atoms with Crippen molar-refractivity contribution >= 4 is 17.7 Å². The van der Waals surface area contributed by atoms with Crippen molar-refractivity contribution in [1.82, 2.24) is 10.2 Å². The van der Waals surface area contributed by atoms with Gasteiger partial charge in [0.05, 0.1) is 5.92 Å². The standard InChI is InChI=1S/C23H42N2O3/c1-22(2,3)14-10-11-15-24-19(26)13-9-7-8-12-16-25-20(27)17-18(21(25)28)23(4,5)6/h18H,7-17H2,1-6H3,(H,24,26). The average Bonchev–Trinajstić information content (AvgIpc) is 2.84. The van der Waals surface area contributed by atoms with Crippen LogP contribution in [0, 0.1) is 16.7 Å². The minimum atomic E-state index is -0.188. The molecule has 3 amide bonds. The smallest absolute Gasteiger partial charge is 0.233 e. The number of hydrogen-bond donors (Lipinski definition) is 1. The molecule has 1 unspecified atom stereocenters. The lowest BCUT2D eigenvalue weighted by atomic mass is 9.80. The van der Waals surface area contributed by atoms with Gasteiger partial charge in [-0.1, -0.05) is 60.8 Å². The molecule has 0 aromatic carbocycles. The first-order valence-electron chi connectivity index (χ1n) is 11.0. The number of carbonyl (C=O) groups is 3. The first kappa shape index (κ1) is 24.6. The molecule has 0 radical (unpaired) electrons. The molecule has 1 N–H and O–H groups in total. The maximum absolute atomic E-state index is 12.4. The Balaban J connectivity index is 2.08. The topological polar surface area (TPSA) is 66.5 Å². The van der Waals surface area contributed by atoms with Crippen LogP contribution in [0.2, 0.25) is 0 Å². The molecule has 0 spiro atoms. The van der Waals surface area contributed by atoms with Gasteiger partial charge in [-0.15, -0.1) is 0 Å². The summed E-state index contributed by atoms with van der Waals surface area (Å²) in [7, 11) is 0. The van der Waals surface area contributed by atoms with Gasteiger partial charge in [0, 0.05) is 25.9 Å². The van der Waals surface area contributed by atoms with Gasteiger partial charge in [-0.3, -0.25) is 19.3 Å². The van der Waals surface area contributed by atoms with Gasteiger partial charge in [-0.05, 0) is 36.5 Å². The van der Waals surface area contributed by atoms with Crippen molar-refractivity contribution in [2.24, 2.45) is 16.7 Å². The number of carbonyl (C=O) groups excluding carboxylic acids is 3. The Kier molecular flexibility index (Phi) is 9.65. The molecule has 0 aromatic heterocycles. The summed E-state index contributed by atoms with van der Waals surface area (Å²) in [5.41, 5.74) is 0.198. The lowest BCUT2D eigenvalue weighted by Crippen LogP contribution is -2.34. The van der Waals surface area contributed by atoms with Crippen LogP contribution < -0.4 is 5.32 Å². The van der Waals surface area contributed by atoms with E-state index in [2.05, 4.69) is 26.1 Å². The molecule has 28 heavy (non-hydrogen) atoms. The van der Waals surface area contributed by atoms with Crippen LogP contribution in [0.25, 0.3) is 0 Å². The minimum absolute atomic E-state index is 0.0108. The normalized spacial score (nSPS) is 18.1. The van der Waals surface area contributed by atoms with Crippen molar-refractivity contribution in [1.29, 1.82) is 0 Å². The van der Waals surface area contributed by atoms with E-state index in [1.807, 2.05) is 20.8 Å². The van der Waals surface area contributed by atoms with Crippen molar-refractivity contribution in [2.45, 2.75) is 99.3 Å². The fourth-order valence-corrected chi connectivity index (χ4v) is 3.60. The van der Waals surface area contributed by atoms with Crippen LogP contribution in [0.1, 0.15) is 99.3 Å². The Morgan fingerprint density at radius 2 is 1.61 bits per heavy atom. The highest BCUT2D eigenvalue weighted by molar-refractivity contribution is 6.03. The highest BCUT2D eigenvalue weighted by atomic mass is 16.2. The summed E-state index contributed by atoms with van der Waals surface area (Å²) < 4.78 is 0. The molecule has 0 saturated carbocycles. The molecule has 162 valence electrons. The van der Waals surface area contributed by atoms with E-state index in [0.29, 0.717) is 24.8 Å². The Hall–Kier alpha value is -1.39. The van der Waals surface area contributed by atoms with E-state index in [-0.39, 0.29) is 29.1 Å². The monoisotopic (exact) mass is 394 g/mol. The van der Waals surface area contributed by atoms with Gasteiger partial charge < -0.3 is 5.32 Å². The lowest BCUT2D eigenvalue weighted by molar-refractivity contribution is -0.140. The summed E-state index contributed by atoms with van der Waals surface area (Å²) in [5.74, 6) is -0.0973. The number of nitrogens with one attached hydrogen (secondary N) is 1. The van der Waals surface area contributed by atoms with Crippen LogP contribution in [0.15, 0.2) is 0 Å². The maximum Gasteiger partial charge on any atom is 0.233 e. The molecule has 1 heterocycles. The molecule has 1 aliphatic rings. The zero-order valence-electron chi connectivity index (χ0n) is 19.0. The van der Waals surface area contributed by atoms with Gasteiger partial charge in [0.2, 0.25) is 17.7 Å². The Morgan fingerprint density at radius 3 is 2.18 bits per heavy atom. The van der Waals surface area contributed by atoms with Crippen molar-refractivity contribution in [3.63, 3.8) is 0 Å². The summed E-state index contributed by atoms with van der Waals surface area (Å²) in [6.07, 6.45) is 7.85. The molecule has 5 nitrogen and oxygen atoms in total. The molecule has 0 aliphatic carbocycles. The first-order chi connectivity index (χ1) is 12.9. The van der Waals surface area contributed by atoms with Gasteiger partial charge in [-0.2, -0.15) is 0 Å². The second-order valence-electron chi connectivity index (χ2n) is 10.5. The van der Waals surface area contributed by atoms with Crippen LogP contribution in [0.3, 0.4) is 0 Å². The highest BCUT2D eigenvalue weighted by Gasteiger charge is 2.44. The number of likely N-dealkylation sites (tertiary alicyclic amines) is 1. The van der Waals surface area contributed by atoms with Crippen LogP contribution in [-0.4, -0.2) is 35.7 Å². The highest BCUT2D eigenvalue weighted by Crippen LogP contribution is 2.35. The summed E-state index contributed by atoms with van der Waals surface area (Å²) in [4.78, 5) is 37.8. The predicted octanol–water partition coefficient (Wildman–Crippen LogP) is 4.69. The summed E-state index contributed by atoms with van der Waals surface area (Å²) >= 11 is 0. The van der Waals surface area contributed by atoms with Crippen LogP contribution in [-0.2, 0) is 14.4 Å². The quantitative estimate of drug-likeness (QED) is 0.408. The predicted molar refractivity (Wildman–Crippen MR) is 114 cm³/mol. The van der Waals surface area contributed by atoms with E-state index >= 15 is 0 Å². The van der Waals surface area contributed by atoms with Gasteiger partial charge in [0.15, 0.2) is 0 Å². The van der Waals surface area contributed by atoms with E-state index < -0.39 is 0 Å². The molecule has 1 rings (SSSR count). The molecule has 1 atom stereocenters. The number of imide groups is 1. The van der Waals surface area contributed by atoms with Gasteiger partial charge in [0.1, 0.15) is 0 Å². The average molecular weight is 395 g/mol. The van der Waals surface area contributed by atoms with Crippen molar-refractivity contribution in [3.8, 4) is 0 Å². The molecule has 0 aromatic rings. The molecular formula is C23H42N2O3. The third kappa shape index (κ3) is 9.20. The van der Waals surface area contributed by atoms with Crippen molar-refractivity contribution < 1.29 is 14.4 Å². The van der Waals surface area contributed by atoms with Crippen LogP contribution in [0.4, 0.5) is 0 Å². The van der Waals surface area contributed by atoms with E-state index in [1.54, 1.807) is 0 Å². The van der Waals surface area contributed by atoms with Crippen LogP contribution >= 0.6 is 0 Å². The summed E-state index contributed by atoms with van der Waals surface area (Å²) in [6.45, 7) is 14.1. The fraction of sp³-hybridized carbons (Fsp3) is 0.870. The van der Waals surface area contributed by atoms with Crippen LogP contribution in [0.5, 0.6) is 0 Å². The second-order valence-corrected chi connectivity index (χ2v) is 10.5. The van der Waals surface area contributed by atoms with Gasteiger partial charge in [0.25, 0.3) is 0 Å². The van der Waals surface area contributed by atoms with E-state index in [4.69, 9.17) is 0 Å². The number of nitrogens with zero attached hydrogens (tertiary/aromatic N) is 1. The number of rotatable bonds is 11. The summed E-state index contributed by atoms with van der Waals surface area (Å²) in [5, 5.41) is 3.00. The molecule has 1 fully saturated rings. The fourth-order valence-electron chi connectivity index (χ4n) is 3.60. The third-order valence-electron chi connectivity index (χ3n) is 5.50. The maximum atomic E-state index is 12.4. The zero-order valence-corrected chi connectivity index (χ0v) is 19.0. The Labute approximate surface area is 172 Å². The van der Waals surface area contributed by atoms with Crippen molar-refractivity contribution in [3.05, 3.63) is 0 Å². The largest absolute Gasteiger partial charge is 0.356 e. The Morgan fingerprint density at radius 1 is 0.964 bits per heavy atom. The lowest BCUT2D eigenvalue weighted by Gasteiger charge is -2.24. The first-order valence-corrected chi connectivity index (χ1v) is 11.0.